The fraction of sp³-hybridized carbons (Fsp3) is 0.438. The van der Waals surface area contributed by atoms with Gasteiger partial charge >= 0.3 is 0 Å². The highest BCUT2D eigenvalue weighted by atomic mass is 32.1. The summed E-state index contributed by atoms with van der Waals surface area (Å²) in [4.78, 5) is 7.16. The van der Waals surface area contributed by atoms with Gasteiger partial charge in [-0.1, -0.05) is 0 Å². The largest absolute Gasteiger partial charge is 0.374 e. The molecule has 0 unspecified atom stereocenters. The van der Waals surface area contributed by atoms with Gasteiger partial charge in [-0.2, -0.15) is 10.2 Å². The normalized spacial score (nSPS) is 19.0. The number of morpholine rings is 1. The molecule has 4 rings (SSSR count). The Morgan fingerprint density at radius 2 is 2.33 bits per heavy atom. The average molecular weight is 344 g/mol. The molecule has 0 radical (unpaired) electrons. The Kier molecular flexibility index (Phi) is 4.42. The van der Waals surface area contributed by atoms with Gasteiger partial charge in [0.15, 0.2) is 0 Å². The fourth-order valence-electron chi connectivity index (χ4n) is 2.92. The summed E-state index contributed by atoms with van der Waals surface area (Å²) in [5.41, 5.74) is 2.19. The van der Waals surface area contributed by atoms with Crippen LogP contribution < -0.4 is 0 Å². The van der Waals surface area contributed by atoms with Crippen molar-refractivity contribution in [1.29, 1.82) is 0 Å². The first-order chi connectivity index (χ1) is 11.8. The molecule has 1 aliphatic heterocycles. The van der Waals surface area contributed by atoms with Crippen LogP contribution in [0.15, 0.2) is 36.2 Å². The zero-order valence-corrected chi connectivity index (χ0v) is 14.4. The average Bonchev–Trinajstić information content (AvgIpc) is 3.30. The summed E-state index contributed by atoms with van der Waals surface area (Å²) in [5.74, 6) is 0. The van der Waals surface area contributed by atoms with E-state index >= 15 is 0 Å². The molecular formula is C16H20N6OS. The van der Waals surface area contributed by atoms with E-state index in [1.807, 2.05) is 36.4 Å². The SMILES string of the molecule is Cn1cc(-c2nc(CN3CCO[C@H](Cn4cccn4)C3)cs2)cn1. The molecule has 0 bridgehead atoms. The number of hydrogen-bond acceptors (Lipinski definition) is 6. The van der Waals surface area contributed by atoms with Crippen molar-refractivity contribution in [2.75, 3.05) is 19.7 Å². The van der Waals surface area contributed by atoms with Crippen LogP contribution in [0.5, 0.6) is 0 Å². The third-order valence-corrected chi connectivity index (χ3v) is 5.00. The molecule has 3 aromatic rings. The molecule has 0 amide bonds. The van der Waals surface area contributed by atoms with Crippen LogP contribution >= 0.6 is 11.3 Å². The van der Waals surface area contributed by atoms with Crippen LogP contribution in [-0.2, 0) is 24.9 Å². The molecule has 0 saturated carbocycles. The molecule has 0 aromatic carbocycles. The molecule has 7 nitrogen and oxygen atoms in total. The van der Waals surface area contributed by atoms with Gasteiger partial charge in [0, 0.05) is 56.2 Å². The van der Waals surface area contributed by atoms with Gasteiger partial charge in [-0.25, -0.2) is 4.98 Å². The van der Waals surface area contributed by atoms with Gasteiger partial charge in [0.2, 0.25) is 0 Å². The Balaban J connectivity index is 1.37. The van der Waals surface area contributed by atoms with E-state index in [4.69, 9.17) is 9.72 Å². The van der Waals surface area contributed by atoms with Crippen molar-refractivity contribution in [3.63, 3.8) is 0 Å². The van der Waals surface area contributed by atoms with Gasteiger partial charge in [0.05, 0.1) is 31.1 Å². The van der Waals surface area contributed by atoms with Crippen LogP contribution in [0.3, 0.4) is 0 Å². The highest BCUT2D eigenvalue weighted by molar-refractivity contribution is 7.13. The fourth-order valence-corrected chi connectivity index (χ4v) is 3.71. The molecule has 3 aromatic heterocycles. The first kappa shape index (κ1) is 15.5. The highest BCUT2D eigenvalue weighted by Gasteiger charge is 2.22. The van der Waals surface area contributed by atoms with Crippen molar-refractivity contribution in [3.8, 4) is 10.6 Å². The van der Waals surface area contributed by atoms with Crippen molar-refractivity contribution in [3.05, 3.63) is 41.9 Å². The van der Waals surface area contributed by atoms with E-state index < -0.39 is 0 Å². The number of thiazole rings is 1. The lowest BCUT2D eigenvalue weighted by molar-refractivity contribution is -0.0405. The molecule has 1 atom stereocenters. The maximum atomic E-state index is 5.87. The van der Waals surface area contributed by atoms with Crippen molar-refractivity contribution < 1.29 is 4.74 Å². The maximum Gasteiger partial charge on any atom is 0.126 e. The quantitative estimate of drug-likeness (QED) is 0.704. The molecule has 1 fully saturated rings. The zero-order valence-electron chi connectivity index (χ0n) is 13.6. The van der Waals surface area contributed by atoms with Crippen molar-refractivity contribution in [2.24, 2.45) is 7.05 Å². The minimum atomic E-state index is 0.176. The number of nitrogens with zero attached hydrogens (tertiary/aromatic N) is 6. The van der Waals surface area contributed by atoms with Gasteiger partial charge in [-0.05, 0) is 6.07 Å². The standard InChI is InChI=1S/C16H20N6OS/c1-20-8-13(7-18-20)16-19-14(12-24-16)9-21-5-6-23-15(10-21)11-22-4-2-3-17-22/h2-4,7-8,12,15H,5-6,9-11H2,1H3/t15-/m0/s1. The summed E-state index contributed by atoms with van der Waals surface area (Å²) >= 11 is 1.67. The summed E-state index contributed by atoms with van der Waals surface area (Å²) in [6.45, 7) is 4.25. The van der Waals surface area contributed by atoms with Crippen LogP contribution in [-0.4, -0.2) is 55.2 Å². The smallest absolute Gasteiger partial charge is 0.126 e. The molecule has 0 spiro atoms. The summed E-state index contributed by atoms with van der Waals surface area (Å²) < 4.78 is 9.60. The van der Waals surface area contributed by atoms with Crippen LogP contribution in [0, 0.1) is 0 Å². The molecule has 1 saturated heterocycles. The van der Waals surface area contributed by atoms with Crippen molar-refractivity contribution in [1.82, 2.24) is 29.4 Å². The van der Waals surface area contributed by atoms with Crippen LogP contribution in [0.25, 0.3) is 10.6 Å². The Labute approximate surface area is 144 Å². The van der Waals surface area contributed by atoms with Crippen LogP contribution in [0.4, 0.5) is 0 Å². The highest BCUT2D eigenvalue weighted by Crippen LogP contribution is 2.24. The van der Waals surface area contributed by atoms with Crippen molar-refractivity contribution >= 4 is 11.3 Å². The molecule has 0 N–H and O–H groups in total. The second-order valence-electron chi connectivity index (χ2n) is 6.00. The summed E-state index contributed by atoms with van der Waals surface area (Å²) in [6.07, 6.45) is 7.81. The molecule has 8 heteroatoms. The van der Waals surface area contributed by atoms with Crippen LogP contribution in [0.2, 0.25) is 0 Å². The van der Waals surface area contributed by atoms with Gasteiger partial charge in [0.1, 0.15) is 5.01 Å². The summed E-state index contributed by atoms with van der Waals surface area (Å²) in [5, 5.41) is 11.6. The predicted molar refractivity (Wildman–Crippen MR) is 91.6 cm³/mol. The van der Waals surface area contributed by atoms with Crippen LogP contribution in [0.1, 0.15) is 5.69 Å². The lowest BCUT2D eigenvalue weighted by Gasteiger charge is -2.32. The lowest BCUT2D eigenvalue weighted by Crippen LogP contribution is -2.43. The Bertz CT molecular complexity index is 780. The van der Waals surface area contributed by atoms with E-state index in [1.54, 1.807) is 22.2 Å². The van der Waals surface area contributed by atoms with Crippen molar-refractivity contribution in [2.45, 2.75) is 19.2 Å². The molecule has 0 aliphatic carbocycles. The number of aromatic nitrogens is 5. The Morgan fingerprint density at radius 3 is 3.12 bits per heavy atom. The first-order valence-electron chi connectivity index (χ1n) is 8.01. The Morgan fingerprint density at radius 1 is 1.38 bits per heavy atom. The second kappa shape index (κ2) is 6.84. The minimum Gasteiger partial charge on any atom is -0.374 e. The van der Waals surface area contributed by atoms with E-state index in [1.165, 1.54) is 0 Å². The topological polar surface area (TPSA) is 61.0 Å². The predicted octanol–water partition coefficient (Wildman–Crippen LogP) is 1.64. The van der Waals surface area contributed by atoms with E-state index in [9.17, 15) is 0 Å². The maximum absolute atomic E-state index is 5.87. The molecule has 24 heavy (non-hydrogen) atoms. The summed E-state index contributed by atoms with van der Waals surface area (Å²) in [6, 6.07) is 1.94. The van der Waals surface area contributed by atoms with E-state index in [0.29, 0.717) is 0 Å². The monoisotopic (exact) mass is 344 g/mol. The van der Waals surface area contributed by atoms with E-state index in [0.717, 1.165) is 49.1 Å². The Hall–Kier alpha value is -2.03. The van der Waals surface area contributed by atoms with Gasteiger partial charge in [0.25, 0.3) is 0 Å². The third-order valence-electron chi connectivity index (χ3n) is 4.06. The van der Waals surface area contributed by atoms with E-state index in [2.05, 4.69) is 20.5 Å². The molecule has 126 valence electrons. The number of rotatable bonds is 5. The van der Waals surface area contributed by atoms with E-state index in [-0.39, 0.29) is 6.10 Å². The minimum absolute atomic E-state index is 0.176. The third kappa shape index (κ3) is 3.55. The molecular weight excluding hydrogens is 324 g/mol. The zero-order chi connectivity index (χ0) is 16.4. The lowest BCUT2D eigenvalue weighted by atomic mass is 10.2. The molecule has 4 heterocycles. The van der Waals surface area contributed by atoms with Gasteiger partial charge in [-0.3, -0.25) is 14.3 Å². The number of ether oxygens (including phenoxy) is 1. The van der Waals surface area contributed by atoms with Gasteiger partial charge in [-0.15, -0.1) is 11.3 Å². The van der Waals surface area contributed by atoms with Gasteiger partial charge < -0.3 is 4.74 Å². The molecule has 1 aliphatic rings. The summed E-state index contributed by atoms with van der Waals surface area (Å²) in [7, 11) is 1.92. The number of hydrogen-bond donors (Lipinski definition) is 0. The second-order valence-corrected chi connectivity index (χ2v) is 6.86. The number of aryl methyl sites for hydroxylation is 1. The first-order valence-corrected chi connectivity index (χ1v) is 8.89.